The third-order valence-electron chi connectivity index (χ3n) is 5.45. The molecule has 1 fully saturated rings. The number of thiophene rings is 1. The van der Waals surface area contributed by atoms with E-state index >= 15 is 0 Å². The fraction of sp³-hybridized carbons (Fsp3) is 0.600. The lowest BCUT2D eigenvalue weighted by Crippen LogP contribution is -2.45. The third kappa shape index (κ3) is 4.90. The van der Waals surface area contributed by atoms with Crippen LogP contribution in [0.2, 0.25) is 0 Å². The fourth-order valence-corrected chi connectivity index (χ4v) is 4.98. The molecule has 2 unspecified atom stereocenters. The fourth-order valence-electron chi connectivity index (χ4n) is 4.00. The minimum Gasteiger partial charge on any atom is -0.361 e. The second-order valence-electron chi connectivity index (χ2n) is 7.28. The quantitative estimate of drug-likeness (QED) is 0.587. The van der Waals surface area contributed by atoms with Gasteiger partial charge in [0.1, 0.15) is 5.76 Å². The standard InChI is InChI=1S/C20H31N5OS/c1-14-17(15(2)26-24-14)9-10-22-20(21-3)23-13-16-7-5-11-25(4)19(16)18-8-6-12-27-18/h6,8,12,16,19H,5,7,9-11,13H2,1-4H3,(H2,21,22,23). The van der Waals surface area contributed by atoms with Crippen molar-refractivity contribution in [3.63, 3.8) is 0 Å². The maximum absolute atomic E-state index is 5.24. The molecule has 1 saturated heterocycles. The molecule has 3 heterocycles. The number of hydrogen-bond donors (Lipinski definition) is 2. The number of likely N-dealkylation sites (tertiary alicyclic amines) is 1. The molecule has 7 heteroatoms. The summed E-state index contributed by atoms with van der Waals surface area (Å²) in [6.07, 6.45) is 3.38. The number of piperidine rings is 1. The van der Waals surface area contributed by atoms with Crippen molar-refractivity contribution in [1.29, 1.82) is 0 Å². The second-order valence-corrected chi connectivity index (χ2v) is 8.26. The van der Waals surface area contributed by atoms with Gasteiger partial charge < -0.3 is 15.2 Å². The second kappa shape index (κ2) is 9.37. The molecule has 1 aliphatic rings. The van der Waals surface area contributed by atoms with Crippen LogP contribution >= 0.6 is 11.3 Å². The number of aliphatic imine (C=N–C) groups is 1. The van der Waals surface area contributed by atoms with Crippen molar-refractivity contribution in [2.45, 2.75) is 39.2 Å². The highest BCUT2D eigenvalue weighted by Crippen LogP contribution is 2.36. The predicted octanol–water partition coefficient (Wildman–Crippen LogP) is 3.14. The van der Waals surface area contributed by atoms with Gasteiger partial charge in [-0.05, 0) is 64.1 Å². The molecule has 2 aromatic rings. The van der Waals surface area contributed by atoms with E-state index < -0.39 is 0 Å². The first-order valence-corrected chi connectivity index (χ1v) is 10.6. The Morgan fingerprint density at radius 3 is 2.93 bits per heavy atom. The molecule has 148 valence electrons. The van der Waals surface area contributed by atoms with Crippen molar-refractivity contribution >= 4 is 17.3 Å². The predicted molar refractivity (Wildman–Crippen MR) is 111 cm³/mol. The number of aryl methyl sites for hydroxylation is 2. The van der Waals surface area contributed by atoms with E-state index in [1.54, 1.807) is 0 Å². The third-order valence-corrected chi connectivity index (χ3v) is 6.39. The van der Waals surface area contributed by atoms with Crippen molar-refractivity contribution in [1.82, 2.24) is 20.7 Å². The van der Waals surface area contributed by atoms with Crippen molar-refractivity contribution in [2.75, 3.05) is 33.7 Å². The number of nitrogens with zero attached hydrogens (tertiary/aromatic N) is 3. The smallest absolute Gasteiger partial charge is 0.190 e. The van der Waals surface area contributed by atoms with Crippen molar-refractivity contribution in [3.05, 3.63) is 39.4 Å². The van der Waals surface area contributed by atoms with E-state index in [0.717, 1.165) is 36.9 Å². The summed E-state index contributed by atoms with van der Waals surface area (Å²) in [7, 11) is 4.07. The normalized spacial score (nSPS) is 21.4. The number of nitrogens with one attached hydrogen (secondary N) is 2. The Bertz CT molecular complexity index is 720. The molecular weight excluding hydrogens is 358 g/mol. The monoisotopic (exact) mass is 389 g/mol. The van der Waals surface area contributed by atoms with E-state index in [9.17, 15) is 0 Å². The molecule has 3 rings (SSSR count). The van der Waals surface area contributed by atoms with Crippen molar-refractivity contribution in [2.24, 2.45) is 10.9 Å². The lowest BCUT2D eigenvalue weighted by molar-refractivity contribution is 0.125. The molecule has 0 bridgehead atoms. The van der Waals surface area contributed by atoms with Gasteiger partial charge in [0.25, 0.3) is 0 Å². The minimum absolute atomic E-state index is 0.492. The molecule has 0 aliphatic carbocycles. The van der Waals surface area contributed by atoms with E-state index in [1.807, 2.05) is 32.2 Å². The average molecular weight is 390 g/mol. The molecule has 1 aliphatic heterocycles. The summed E-state index contributed by atoms with van der Waals surface area (Å²) in [5.41, 5.74) is 2.16. The molecule has 6 nitrogen and oxygen atoms in total. The van der Waals surface area contributed by atoms with E-state index in [4.69, 9.17) is 4.52 Å². The topological polar surface area (TPSA) is 65.7 Å². The summed E-state index contributed by atoms with van der Waals surface area (Å²) in [5, 5.41) is 13.2. The number of aromatic nitrogens is 1. The van der Waals surface area contributed by atoms with Crippen LogP contribution in [-0.4, -0.2) is 49.7 Å². The lowest BCUT2D eigenvalue weighted by Gasteiger charge is -2.39. The maximum Gasteiger partial charge on any atom is 0.190 e. The number of guanidine groups is 1. The highest BCUT2D eigenvalue weighted by molar-refractivity contribution is 7.10. The Morgan fingerprint density at radius 2 is 2.26 bits per heavy atom. The first-order valence-electron chi connectivity index (χ1n) is 9.70. The number of hydrogen-bond acceptors (Lipinski definition) is 5. The van der Waals surface area contributed by atoms with Crippen LogP contribution in [0.1, 0.15) is 40.8 Å². The van der Waals surface area contributed by atoms with Crippen molar-refractivity contribution in [3.8, 4) is 0 Å². The molecule has 27 heavy (non-hydrogen) atoms. The summed E-state index contributed by atoms with van der Waals surface area (Å²) in [4.78, 5) is 8.35. The Morgan fingerprint density at radius 1 is 1.41 bits per heavy atom. The molecule has 0 radical (unpaired) electrons. The lowest BCUT2D eigenvalue weighted by atomic mass is 9.88. The van der Waals surface area contributed by atoms with Gasteiger partial charge in [-0.1, -0.05) is 11.2 Å². The van der Waals surface area contributed by atoms with Gasteiger partial charge in [0.15, 0.2) is 5.96 Å². The molecule has 2 aromatic heterocycles. The number of rotatable bonds is 6. The van der Waals surface area contributed by atoms with E-state index in [2.05, 4.69) is 50.2 Å². The molecule has 2 N–H and O–H groups in total. The van der Waals surface area contributed by atoms with Gasteiger partial charge in [0, 0.05) is 36.6 Å². The van der Waals surface area contributed by atoms with Gasteiger partial charge in [0.05, 0.1) is 5.69 Å². The highest BCUT2D eigenvalue weighted by atomic mass is 32.1. The van der Waals surface area contributed by atoms with Crippen LogP contribution in [0.25, 0.3) is 0 Å². The Kier molecular flexibility index (Phi) is 6.90. The summed E-state index contributed by atoms with van der Waals surface area (Å²) < 4.78 is 5.24. The van der Waals surface area contributed by atoms with Gasteiger partial charge in [-0.2, -0.15) is 0 Å². The SMILES string of the molecule is CN=C(NCCc1c(C)noc1C)NCC1CCCN(C)C1c1cccs1. The van der Waals surface area contributed by atoms with Crippen LogP contribution in [0.5, 0.6) is 0 Å². The van der Waals surface area contributed by atoms with Crippen LogP contribution in [0, 0.1) is 19.8 Å². The molecule has 2 atom stereocenters. The zero-order chi connectivity index (χ0) is 19.2. The molecule has 0 amide bonds. The maximum atomic E-state index is 5.24. The Labute approximate surface area is 166 Å². The van der Waals surface area contributed by atoms with Gasteiger partial charge in [-0.3, -0.25) is 9.89 Å². The molecule has 0 saturated carbocycles. The molecular formula is C20H31N5OS. The van der Waals surface area contributed by atoms with E-state index in [-0.39, 0.29) is 0 Å². The van der Waals surface area contributed by atoms with Crippen LogP contribution in [0.15, 0.2) is 27.0 Å². The molecule has 0 aromatic carbocycles. The average Bonchev–Trinajstić information content (AvgIpc) is 3.29. The zero-order valence-electron chi connectivity index (χ0n) is 16.8. The van der Waals surface area contributed by atoms with Gasteiger partial charge in [-0.15, -0.1) is 11.3 Å². The van der Waals surface area contributed by atoms with Gasteiger partial charge in [0.2, 0.25) is 0 Å². The summed E-state index contributed by atoms with van der Waals surface area (Å²) in [6, 6.07) is 4.91. The zero-order valence-corrected chi connectivity index (χ0v) is 17.6. The van der Waals surface area contributed by atoms with Crippen LogP contribution in [0.4, 0.5) is 0 Å². The first-order chi connectivity index (χ1) is 13.1. The Hall–Kier alpha value is -1.86. The minimum atomic E-state index is 0.492. The van der Waals surface area contributed by atoms with Gasteiger partial charge in [-0.25, -0.2) is 0 Å². The first kappa shape index (κ1) is 19.9. The summed E-state index contributed by atoms with van der Waals surface area (Å²) >= 11 is 1.86. The molecule has 0 spiro atoms. The summed E-state index contributed by atoms with van der Waals surface area (Å²) in [6.45, 7) is 6.86. The van der Waals surface area contributed by atoms with E-state index in [1.165, 1.54) is 29.8 Å². The van der Waals surface area contributed by atoms with Crippen molar-refractivity contribution < 1.29 is 4.52 Å². The Balaban J connectivity index is 1.52. The van der Waals surface area contributed by atoms with Gasteiger partial charge >= 0.3 is 0 Å². The van der Waals surface area contributed by atoms with Crippen LogP contribution in [-0.2, 0) is 6.42 Å². The highest BCUT2D eigenvalue weighted by Gasteiger charge is 2.31. The van der Waals surface area contributed by atoms with E-state index in [0.29, 0.717) is 12.0 Å². The van der Waals surface area contributed by atoms with Crippen LogP contribution in [0.3, 0.4) is 0 Å². The largest absolute Gasteiger partial charge is 0.361 e. The summed E-state index contributed by atoms with van der Waals surface area (Å²) in [5.74, 6) is 2.35. The van der Waals surface area contributed by atoms with Crippen LogP contribution < -0.4 is 10.6 Å².